The molecule has 7 heteroatoms. The maximum absolute atomic E-state index is 10.7. The van der Waals surface area contributed by atoms with Crippen LogP contribution in [-0.2, 0) is 4.79 Å². The van der Waals surface area contributed by atoms with Crippen molar-refractivity contribution in [2.24, 2.45) is 0 Å². The molecule has 0 aliphatic heterocycles. The van der Waals surface area contributed by atoms with E-state index in [-0.39, 0.29) is 10.9 Å². The van der Waals surface area contributed by atoms with Crippen LogP contribution in [-0.4, -0.2) is 22.2 Å². The minimum Gasteiger partial charge on any atom is -0.479 e. The third kappa shape index (κ3) is 4.11. The van der Waals surface area contributed by atoms with Gasteiger partial charge in [-0.1, -0.05) is 11.6 Å². The lowest BCUT2D eigenvalue weighted by Gasteiger charge is -2.11. The average Bonchev–Trinajstić information content (AvgIpc) is 2.52. The molecule has 0 bridgehead atoms. The van der Waals surface area contributed by atoms with E-state index in [0.29, 0.717) is 22.8 Å². The van der Waals surface area contributed by atoms with Gasteiger partial charge in [0.2, 0.25) is 5.88 Å². The van der Waals surface area contributed by atoms with Crippen LogP contribution in [0.1, 0.15) is 18.2 Å². The minimum atomic E-state index is -1.05. The van der Waals surface area contributed by atoms with E-state index in [9.17, 15) is 4.79 Å². The molecule has 0 saturated carbocycles. The fraction of sp³-hybridized carbons (Fsp3) is 0.188. The molecule has 6 nitrogen and oxygen atoms in total. The van der Waals surface area contributed by atoms with Crippen LogP contribution in [0.2, 0.25) is 5.02 Å². The van der Waals surface area contributed by atoms with Gasteiger partial charge >= 0.3 is 5.97 Å². The van der Waals surface area contributed by atoms with Gasteiger partial charge in [-0.05, 0) is 44.2 Å². The molecule has 1 aromatic heterocycles. The number of pyridine rings is 1. The van der Waals surface area contributed by atoms with E-state index in [2.05, 4.69) is 4.98 Å². The Morgan fingerprint density at radius 2 is 1.96 bits per heavy atom. The van der Waals surface area contributed by atoms with Crippen LogP contribution in [0.15, 0.2) is 30.3 Å². The van der Waals surface area contributed by atoms with Crippen LogP contribution in [0.25, 0.3) is 0 Å². The fourth-order valence-corrected chi connectivity index (χ4v) is 1.89. The standard InChI is InChI=1S/C16H13ClN2O4/c1-9-11(8-18)7-14(17)15(19-9)23-13-5-3-12(4-6-13)22-10(2)16(20)21/h3-7,10H,1-2H3,(H,20,21). The van der Waals surface area contributed by atoms with Gasteiger partial charge < -0.3 is 14.6 Å². The Morgan fingerprint density at radius 3 is 2.52 bits per heavy atom. The highest BCUT2D eigenvalue weighted by Gasteiger charge is 2.13. The van der Waals surface area contributed by atoms with Gasteiger partial charge in [-0.2, -0.15) is 5.26 Å². The van der Waals surface area contributed by atoms with Gasteiger partial charge in [-0.15, -0.1) is 0 Å². The number of carboxylic acid groups (broad SMARTS) is 1. The smallest absolute Gasteiger partial charge is 0.344 e. The zero-order valence-electron chi connectivity index (χ0n) is 12.4. The van der Waals surface area contributed by atoms with Crippen molar-refractivity contribution in [3.8, 4) is 23.4 Å². The third-order valence-electron chi connectivity index (χ3n) is 2.95. The van der Waals surface area contributed by atoms with E-state index in [1.54, 1.807) is 31.2 Å². The van der Waals surface area contributed by atoms with Crippen LogP contribution >= 0.6 is 11.6 Å². The molecule has 0 fully saturated rings. The average molecular weight is 333 g/mol. The van der Waals surface area contributed by atoms with Gasteiger partial charge in [0.1, 0.15) is 22.6 Å². The van der Waals surface area contributed by atoms with Crippen molar-refractivity contribution in [1.29, 1.82) is 5.26 Å². The zero-order chi connectivity index (χ0) is 17.0. The topological polar surface area (TPSA) is 92.4 Å². The molecule has 2 rings (SSSR count). The lowest BCUT2D eigenvalue weighted by atomic mass is 10.2. The second-order valence-electron chi connectivity index (χ2n) is 4.69. The molecule has 2 aromatic rings. The number of nitriles is 1. The number of aliphatic carboxylic acids is 1. The Hall–Kier alpha value is -2.78. The first-order valence-corrected chi connectivity index (χ1v) is 7.03. The number of carboxylic acids is 1. The summed E-state index contributed by atoms with van der Waals surface area (Å²) in [5.41, 5.74) is 0.899. The summed E-state index contributed by atoms with van der Waals surface area (Å²) < 4.78 is 10.8. The van der Waals surface area contributed by atoms with Crippen LogP contribution in [0.3, 0.4) is 0 Å². The van der Waals surface area contributed by atoms with Gasteiger partial charge in [0.15, 0.2) is 6.10 Å². The summed E-state index contributed by atoms with van der Waals surface area (Å²) in [5.74, 6) is 0.00579. The molecule has 0 radical (unpaired) electrons. The van der Waals surface area contributed by atoms with Crippen molar-refractivity contribution in [1.82, 2.24) is 4.98 Å². The van der Waals surface area contributed by atoms with Crippen molar-refractivity contribution >= 4 is 17.6 Å². The molecule has 1 unspecified atom stereocenters. The SMILES string of the molecule is Cc1nc(Oc2ccc(OC(C)C(=O)O)cc2)c(Cl)cc1C#N. The van der Waals surface area contributed by atoms with Gasteiger partial charge in [0.05, 0.1) is 11.3 Å². The first-order valence-electron chi connectivity index (χ1n) is 6.65. The summed E-state index contributed by atoms with van der Waals surface area (Å²) in [6.45, 7) is 3.13. The van der Waals surface area contributed by atoms with Crippen molar-refractivity contribution < 1.29 is 19.4 Å². The number of ether oxygens (including phenoxy) is 2. The molecule has 0 saturated heterocycles. The Bertz CT molecular complexity index is 769. The highest BCUT2D eigenvalue weighted by atomic mass is 35.5. The Kier molecular flexibility index (Phi) is 5.04. The van der Waals surface area contributed by atoms with Crippen LogP contribution in [0.4, 0.5) is 0 Å². The maximum Gasteiger partial charge on any atom is 0.344 e. The number of hydrogen-bond donors (Lipinski definition) is 1. The number of benzene rings is 1. The number of carbonyl (C=O) groups is 1. The van der Waals surface area contributed by atoms with Crippen molar-refractivity contribution in [3.05, 3.63) is 46.6 Å². The van der Waals surface area contributed by atoms with Crippen molar-refractivity contribution in [2.75, 3.05) is 0 Å². The number of hydrogen-bond acceptors (Lipinski definition) is 5. The predicted octanol–water partition coefficient (Wildman–Crippen LogP) is 3.56. The Balaban J connectivity index is 2.14. The van der Waals surface area contributed by atoms with E-state index in [1.165, 1.54) is 13.0 Å². The molecule has 1 aromatic carbocycles. The Morgan fingerprint density at radius 1 is 1.35 bits per heavy atom. The third-order valence-corrected chi connectivity index (χ3v) is 3.22. The number of nitrogens with zero attached hydrogens (tertiary/aromatic N) is 2. The molecule has 0 spiro atoms. The predicted molar refractivity (Wildman–Crippen MR) is 82.9 cm³/mol. The van der Waals surface area contributed by atoms with Crippen LogP contribution in [0, 0.1) is 18.3 Å². The molecule has 1 N–H and O–H groups in total. The van der Waals surface area contributed by atoms with E-state index in [1.807, 2.05) is 6.07 Å². The second-order valence-corrected chi connectivity index (χ2v) is 5.10. The van der Waals surface area contributed by atoms with Crippen LogP contribution < -0.4 is 9.47 Å². The molecule has 0 aliphatic rings. The van der Waals surface area contributed by atoms with Gasteiger partial charge in [0, 0.05) is 0 Å². The number of rotatable bonds is 5. The largest absolute Gasteiger partial charge is 0.479 e. The van der Waals surface area contributed by atoms with E-state index in [0.717, 1.165) is 0 Å². The molecule has 1 atom stereocenters. The summed E-state index contributed by atoms with van der Waals surface area (Å²) in [7, 11) is 0. The van der Waals surface area contributed by atoms with E-state index < -0.39 is 12.1 Å². The van der Waals surface area contributed by atoms with Crippen molar-refractivity contribution in [2.45, 2.75) is 20.0 Å². The first-order chi connectivity index (χ1) is 10.9. The van der Waals surface area contributed by atoms with Gasteiger partial charge in [-0.3, -0.25) is 0 Å². The summed E-state index contributed by atoms with van der Waals surface area (Å²) in [4.78, 5) is 14.9. The molecular formula is C16H13ClN2O4. The highest BCUT2D eigenvalue weighted by molar-refractivity contribution is 6.32. The lowest BCUT2D eigenvalue weighted by Crippen LogP contribution is -2.22. The van der Waals surface area contributed by atoms with Gasteiger partial charge in [-0.25, -0.2) is 9.78 Å². The van der Waals surface area contributed by atoms with E-state index >= 15 is 0 Å². The zero-order valence-corrected chi connectivity index (χ0v) is 13.2. The maximum atomic E-state index is 10.7. The van der Waals surface area contributed by atoms with E-state index in [4.69, 9.17) is 31.4 Å². The second kappa shape index (κ2) is 6.99. The quantitative estimate of drug-likeness (QED) is 0.899. The van der Waals surface area contributed by atoms with Crippen molar-refractivity contribution in [3.63, 3.8) is 0 Å². The fourth-order valence-electron chi connectivity index (χ4n) is 1.70. The van der Waals surface area contributed by atoms with Gasteiger partial charge in [0.25, 0.3) is 0 Å². The first kappa shape index (κ1) is 16.6. The summed E-state index contributed by atoms with van der Waals surface area (Å²) in [5, 5.41) is 17.9. The normalized spacial score (nSPS) is 11.4. The summed E-state index contributed by atoms with van der Waals surface area (Å²) >= 11 is 6.04. The molecule has 118 valence electrons. The summed E-state index contributed by atoms with van der Waals surface area (Å²) in [6.07, 6.45) is -0.945. The molecule has 0 amide bonds. The summed E-state index contributed by atoms with van der Waals surface area (Å²) in [6, 6.07) is 9.86. The highest BCUT2D eigenvalue weighted by Crippen LogP contribution is 2.30. The number of aryl methyl sites for hydroxylation is 1. The molecular weight excluding hydrogens is 320 g/mol. The van der Waals surface area contributed by atoms with Crippen LogP contribution in [0.5, 0.6) is 17.4 Å². The Labute approximate surface area is 137 Å². The molecule has 1 heterocycles. The lowest BCUT2D eigenvalue weighted by molar-refractivity contribution is -0.144. The molecule has 23 heavy (non-hydrogen) atoms. The molecule has 0 aliphatic carbocycles. The number of halogens is 1. The number of aromatic nitrogens is 1. The monoisotopic (exact) mass is 332 g/mol. The minimum absolute atomic E-state index is 0.190.